The number of rotatable bonds is 5. The molecule has 1 aliphatic heterocycles. The maximum atomic E-state index is 14.4. The van der Waals surface area contributed by atoms with Gasteiger partial charge in [-0.05, 0) is 56.5 Å². The van der Waals surface area contributed by atoms with Crippen LogP contribution in [0.3, 0.4) is 0 Å². The van der Waals surface area contributed by atoms with Gasteiger partial charge >= 0.3 is 5.97 Å². The minimum absolute atomic E-state index is 0.114. The molecule has 3 aromatic rings. The zero-order valence-electron chi connectivity index (χ0n) is 29.1. The van der Waals surface area contributed by atoms with Gasteiger partial charge in [0.1, 0.15) is 18.2 Å². The van der Waals surface area contributed by atoms with Gasteiger partial charge < -0.3 is 35.7 Å². The summed E-state index contributed by atoms with van der Waals surface area (Å²) in [7, 11) is 2.86. The van der Waals surface area contributed by atoms with Crippen molar-refractivity contribution < 1.29 is 33.4 Å². The van der Waals surface area contributed by atoms with Crippen molar-refractivity contribution in [2.24, 2.45) is 17.6 Å². The number of aromatic amines is 1. The number of likely N-dealkylation sites (N-methyl/N-ethyl adjacent to an activating group) is 1. The molecule has 0 spiro atoms. The fourth-order valence-electron chi connectivity index (χ4n) is 6.18. The summed E-state index contributed by atoms with van der Waals surface area (Å²) in [5, 5.41) is 6.67. The molecule has 0 saturated carbocycles. The van der Waals surface area contributed by atoms with Crippen LogP contribution in [-0.4, -0.2) is 77.9 Å². The highest BCUT2D eigenvalue weighted by Crippen LogP contribution is 2.26. The Kier molecular flexibility index (Phi) is 12.0. The number of cyclic esters (lactones) is 1. The molecule has 0 aliphatic carbocycles. The molecule has 7 atom stereocenters. The van der Waals surface area contributed by atoms with Crippen LogP contribution in [0.15, 0.2) is 66.4 Å². The van der Waals surface area contributed by atoms with Gasteiger partial charge in [0.2, 0.25) is 23.6 Å². The van der Waals surface area contributed by atoms with Gasteiger partial charge in [-0.25, -0.2) is 4.79 Å². The molecule has 12 nitrogen and oxygen atoms in total. The van der Waals surface area contributed by atoms with Crippen LogP contribution in [0.25, 0.3) is 10.9 Å². The van der Waals surface area contributed by atoms with E-state index in [4.69, 9.17) is 15.2 Å². The molecule has 4 rings (SSSR count). The molecule has 12 heteroatoms. The number of fused-ring (bicyclic) bond motifs is 1. The third-order valence-electron chi connectivity index (χ3n) is 9.24. The summed E-state index contributed by atoms with van der Waals surface area (Å²) < 4.78 is 11.6. The second-order valence-corrected chi connectivity index (χ2v) is 13.0. The number of hydrogen-bond donors (Lipinski definition) is 4. The van der Waals surface area contributed by atoms with E-state index in [0.29, 0.717) is 12.0 Å². The molecule has 0 saturated heterocycles. The smallest absolute Gasteiger partial charge is 0.338 e. The normalized spacial score (nSPS) is 27.7. The average molecular weight is 674 g/mol. The number of ether oxygens (including phenoxy) is 2. The third kappa shape index (κ3) is 8.74. The van der Waals surface area contributed by atoms with Crippen molar-refractivity contribution in [2.45, 2.75) is 77.8 Å². The first-order valence-electron chi connectivity index (χ1n) is 16.4. The highest BCUT2D eigenvalue weighted by molar-refractivity contribution is 5.94. The minimum Gasteiger partial charge on any atom is -0.460 e. The van der Waals surface area contributed by atoms with Crippen LogP contribution in [0, 0.1) is 11.8 Å². The number of primary amides is 1. The van der Waals surface area contributed by atoms with Crippen molar-refractivity contribution in [3.05, 3.63) is 83.1 Å². The Bertz CT molecular complexity index is 1720. The number of nitrogens with zero attached hydrogens (tertiary/aromatic N) is 1. The molecule has 1 aliphatic rings. The second kappa shape index (κ2) is 16.0. The third-order valence-corrected chi connectivity index (χ3v) is 9.24. The van der Waals surface area contributed by atoms with Crippen molar-refractivity contribution in [3.63, 3.8) is 0 Å². The maximum absolute atomic E-state index is 14.4. The number of carbonyl (C=O) groups is 5. The lowest BCUT2D eigenvalue weighted by atomic mass is 9.95. The summed E-state index contributed by atoms with van der Waals surface area (Å²) in [5.41, 5.74) is 8.73. The fourth-order valence-corrected chi connectivity index (χ4v) is 6.18. The fraction of sp³-hybridized carbons (Fsp3) is 0.432. The SMILES string of the molecule is COC1C(=O)OC(C)C(C)/C=C(\C)CC(C)C(=O)NC(C)C(=O)N(C)C(Cc2c[nH]c3ccccc23)C(=O)NC1c1ccc(C(N)=O)cc1. The van der Waals surface area contributed by atoms with Crippen molar-refractivity contribution in [1.82, 2.24) is 20.5 Å². The molecule has 5 N–H and O–H groups in total. The molecule has 0 bridgehead atoms. The Morgan fingerprint density at radius 2 is 1.65 bits per heavy atom. The van der Waals surface area contributed by atoms with Crippen LogP contribution in [0.1, 0.15) is 68.6 Å². The molecule has 0 radical (unpaired) electrons. The van der Waals surface area contributed by atoms with E-state index in [1.807, 2.05) is 44.2 Å². The standard InChI is InChI=1S/C37H47N5O7/c1-20-16-21(2)24(5)49-37(47)32(48-7)31(25-12-14-26(15-13-25)33(38)43)41-35(45)30(18-27-19-39-29-11-9-8-10-28(27)29)42(6)36(46)23(4)40-34(44)22(3)17-20/h8-16,19,21-24,30-32,39H,17-18H2,1-7H3,(H2,38,43)(H,40,44)(H,41,45)/b20-16+. The first kappa shape index (κ1) is 36.9. The van der Waals surface area contributed by atoms with E-state index in [2.05, 4.69) is 15.6 Å². The minimum atomic E-state index is -1.30. The molecule has 0 fully saturated rings. The summed E-state index contributed by atoms with van der Waals surface area (Å²) in [5.74, 6) is -3.34. The Hall–Kier alpha value is -4.97. The van der Waals surface area contributed by atoms with Gasteiger partial charge in [-0.3, -0.25) is 19.2 Å². The Morgan fingerprint density at radius 1 is 0.980 bits per heavy atom. The number of H-pyrrole nitrogens is 1. The first-order valence-corrected chi connectivity index (χ1v) is 16.4. The molecule has 4 amide bonds. The zero-order valence-corrected chi connectivity index (χ0v) is 29.1. The van der Waals surface area contributed by atoms with Crippen LogP contribution in [0.2, 0.25) is 0 Å². The zero-order chi connectivity index (χ0) is 36.0. The topological polar surface area (TPSA) is 173 Å². The van der Waals surface area contributed by atoms with Crippen molar-refractivity contribution >= 4 is 40.5 Å². The van der Waals surface area contributed by atoms with Gasteiger partial charge in [0, 0.05) is 55.1 Å². The van der Waals surface area contributed by atoms with E-state index < -0.39 is 59.9 Å². The van der Waals surface area contributed by atoms with E-state index in [9.17, 15) is 24.0 Å². The van der Waals surface area contributed by atoms with Crippen LogP contribution >= 0.6 is 0 Å². The lowest BCUT2D eigenvalue weighted by molar-refractivity contribution is -0.164. The molecular formula is C37H47N5O7. The van der Waals surface area contributed by atoms with E-state index in [0.717, 1.165) is 22.0 Å². The summed E-state index contributed by atoms with van der Waals surface area (Å²) in [6.07, 6.45) is 2.42. The summed E-state index contributed by atoms with van der Waals surface area (Å²) in [4.78, 5) is 71.6. The number of esters is 1. The number of nitrogens with two attached hydrogens (primary N) is 1. The highest BCUT2D eigenvalue weighted by Gasteiger charge is 2.38. The van der Waals surface area contributed by atoms with Gasteiger partial charge in [0.15, 0.2) is 6.10 Å². The van der Waals surface area contributed by atoms with Gasteiger partial charge in [-0.2, -0.15) is 0 Å². The molecular weight excluding hydrogens is 626 g/mol. The molecule has 7 unspecified atom stereocenters. The highest BCUT2D eigenvalue weighted by atomic mass is 16.6. The molecule has 2 aromatic carbocycles. The summed E-state index contributed by atoms with van der Waals surface area (Å²) in [6, 6.07) is 10.7. The Balaban J connectivity index is 1.81. The van der Waals surface area contributed by atoms with E-state index in [-0.39, 0.29) is 23.8 Å². The Morgan fingerprint density at radius 3 is 2.31 bits per heavy atom. The number of carbonyl (C=O) groups excluding carboxylic acids is 5. The largest absolute Gasteiger partial charge is 0.460 e. The molecule has 1 aromatic heterocycles. The van der Waals surface area contributed by atoms with Gasteiger partial charge in [0.25, 0.3) is 0 Å². The van der Waals surface area contributed by atoms with Gasteiger partial charge in [0.05, 0.1) is 6.04 Å². The van der Waals surface area contributed by atoms with Crippen LogP contribution < -0.4 is 16.4 Å². The Labute approximate surface area is 286 Å². The lowest BCUT2D eigenvalue weighted by Crippen LogP contribution is -2.56. The van der Waals surface area contributed by atoms with Crippen molar-refractivity contribution in [1.29, 1.82) is 0 Å². The summed E-state index contributed by atoms with van der Waals surface area (Å²) in [6.45, 7) is 8.95. The molecule has 262 valence electrons. The number of nitrogens with one attached hydrogen (secondary N) is 3. The monoisotopic (exact) mass is 673 g/mol. The number of benzene rings is 2. The number of allylic oxidation sites excluding steroid dienone is 1. The lowest BCUT2D eigenvalue weighted by Gasteiger charge is -2.33. The van der Waals surface area contributed by atoms with Crippen LogP contribution in [0.4, 0.5) is 0 Å². The van der Waals surface area contributed by atoms with Crippen molar-refractivity contribution in [3.8, 4) is 0 Å². The first-order chi connectivity index (χ1) is 23.2. The predicted molar refractivity (Wildman–Crippen MR) is 185 cm³/mol. The summed E-state index contributed by atoms with van der Waals surface area (Å²) >= 11 is 0. The number of aromatic nitrogens is 1. The van der Waals surface area contributed by atoms with E-state index in [1.165, 1.54) is 31.2 Å². The number of hydrogen-bond acceptors (Lipinski definition) is 7. The molecule has 49 heavy (non-hydrogen) atoms. The van der Waals surface area contributed by atoms with Crippen molar-refractivity contribution in [2.75, 3.05) is 14.2 Å². The number of amides is 4. The predicted octanol–water partition coefficient (Wildman–Crippen LogP) is 3.57. The number of methoxy groups -OCH3 is 1. The quantitative estimate of drug-likeness (QED) is 0.237. The van der Waals surface area contributed by atoms with E-state index in [1.54, 1.807) is 39.1 Å². The second-order valence-electron chi connectivity index (χ2n) is 13.0. The number of para-hydroxylation sites is 1. The van der Waals surface area contributed by atoms with E-state index >= 15 is 0 Å². The maximum Gasteiger partial charge on any atom is 0.338 e. The van der Waals surface area contributed by atoms with Gasteiger partial charge in [-0.15, -0.1) is 0 Å². The molecule has 2 heterocycles. The van der Waals surface area contributed by atoms with Crippen LogP contribution in [0.5, 0.6) is 0 Å². The average Bonchev–Trinajstić information content (AvgIpc) is 3.48. The van der Waals surface area contributed by atoms with Crippen LogP contribution in [-0.2, 0) is 35.1 Å². The van der Waals surface area contributed by atoms with Gasteiger partial charge in [-0.1, -0.05) is 55.8 Å².